The third kappa shape index (κ3) is 1.29. The SMILES string of the molecule is CCN1CCCC1C(=O)[O-]. The third-order valence-corrected chi connectivity index (χ3v) is 2.04. The molecule has 0 N–H and O–H groups in total. The summed E-state index contributed by atoms with van der Waals surface area (Å²) in [5.41, 5.74) is 0. The zero-order valence-electron chi connectivity index (χ0n) is 6.17. The zero-order chi connectivity index (χ0) is 7.56. The van der Waals surface area contributed by atoms with Crippen molar-refractivity contribution < 1.29 is 9.90 Å². The van der Waals surface area contributed by atoms with E-state index in [0.29, 0.717) is 0 Å². The van der Waals surface area contributed by atoms with Crippen molar-refractivity contribution in [2.45, 2.75) is 25.8 Å². The van der Waals surface area contributed by atoms with Crippen molar-refractivity contribution in [3.63, 3.8) is 0 Å². The van der Waals surface area contributed by atoms with Gasteiger partial charge in [0.25, 0.3) is 0 Å². The lowest BCUT2D eigenvalue weighted by atomic mass is 10.2. The number of carboxylic acids is 1. The van der Waals surface area contributed by atoms with E-state index in [-0.39, 0.29) is 6.04 Å². The van der Waals surface area contributed by atoms with E-state index >= 15 is 0 Å². The highest BCUT2D eigenvalue weighted by atomic mass is 16.4. The standard InChI is InChI=1S/C7H13NO2/c1-2-8-5-3-4-6(8)7(9)10/h6H,2-5H2,1H3,(H,9,10)/p-1. The van der Waals surface area contributed by atoms with Gasteiger partial charge in [0.15, 0.2) is 0 Å². The van der Waals surface area contributed by atoms with Crippen LogP contribution in [0.1, 0.15) is 19.8 Å². The summed E-state index contributed by atoms with van der Waals surface area (Å²) in [5, 5.41) is 10.4. The number of rotatable bonds is 2. The van der Waals surface area contributed by atoms with Gasteiger partial charge in [0.05, 0.1) is 5.97 Å². The summed E-state index contributed by atoms with van der Waals surface area (Å²) in [6.45, 7) is 3.70. The van der Waals surface area contributed by atoms with Gasteiger partial charge in [-0.3, -0.25) is 4.90 Å². The van der Waals surface area contributed by atoms with Crippen LogP contribution in [-0.4, -0.2) is 30.0 Å². The number of carbonyl (C=O) groups is 1. The molecule has 0 aromatic heterocycles. The van der Waals surface area contributed by atoms with Crippen LogP contribution in [0.15, 0.2) is 0 Å². The highest BCUT2D eigenvalue weighted by Crippen LogP contribution is 2.15. The molecule has 58 valence electrons. The Morgan fingerprint density at radius 1 is 1.80 bits per heavy atom. The molecule has 1 aliphatic heterocycles. The highest BCUT2D eigenvalue weighted by molar-refractivity contribution is 5.71. The van der Waals surface area contributed by atoms with Crippen LogP contribution in [0, 0.1) is 0 Å². The van der Waals surface area contributed by atoms with E-state index in [2.05, 4.69) is 0 Å². The Morgan fingerprint density at radius 3 is 2.90 bits per heavy atom. The van der Waals surface area contributed by atoms with Crippen LogP contribution in [-0.2, 0) is 4.79 Å². The van der Waals surface area contributed by atoms with Crippen LogP contribution in [0.4, 0.5) is 0 Å². The van der Waals surface area contributed by atoms with E-state index in [0.717, 1.165) is 25.9 Å². The van der Waals surface area contributed by atoms with E-state index in [1.807, 2.05) is 11.8 Å². The number of likely N-dealkylation sites (N-methyl/N-ethyl adjacent to an activating group) is 1. The summed E-state index contributed by atoms with van der Waals surface area (Å²) in [6.07, 6.45) is 1.75. The molecule has 0 amide bonds. The van der Waals surface area contributed by atoms with Crippen LogP contribution >= 0.6 is 0 Å². The molecule has 0 saturated carbocycles. The second kappa shape index (κ2) is 3.01. The largest absolute Gasteiger partial charge is 0.548 e. The molecule has 1 heterocycles. The molecule has 0 spiro atoms. The minimum atomic E-state index is -0.917. The van der Waals surface area contributed by atoms with Crippen molar-refractivity contribution >= 4 is 5.97 Å². The minimum absolute atomic E-state index is 0.315. The summed E-state index contributed by atoms with van der Waals surface area (Å²) in [7, 11) is 0. The van der Waals surface area contributed by atoms with Gasteiger partial charge in [-0.05, 0) is 25.9 Å². The van der Waals surface area contributed by atoms with Gasteiger partial charge < -0.3 is 9.90 Å². The number of carboxylic acid groups (broad SMARTS) is 1. The van der Waals surface area contributed by atoms with Crippen LogP contribution in [0.3, 0.4) is 0 Å². The zero-order valence-corrected chi connectivity index (χ0v) is 6.17. The van der Waals surface area contributed by atoms with Crippen LogP contribution in [0.25, 0.3) is 0 Å². The lowest BCUT2D eigenvalue weighted by Gasteiger charge is -2.22. The first kappa shape index (κ1) is 7.54. The summed E-state index contributed by atoms with van der Waals surface area (Å²) in [4.78, 5) is 12.4. The average Bonchev–Trinajstić information content (AvgIpc) is 2.33. The molecule has 0 bridgehead atoms. The lowest BCUT2D eigenvalue weighted by Crippen LogP contribution is -2.44. The van der Waals surface area contributed by atoms with Gasteiger partial charge in [-0.2, -0.15) is 0 Å². The number of hydrogen-bond donors (Lipinski definition) is 0. The minimum Gasteiger partial charge on any atom is -0.548 e. The predicted molar refractivity (Wildman–Crippen MR) is 35.3 cm³/mol. The molecule has 1 aliphatic rings. The van der Waals surface area contributed by atoms with Crippen LogP contribution < -0.4 is 5.11 Å². The van der Waals surface area contributed by atoms with E-state index in [4.69, 9.17) is 0 Å². The summed E-state index contributed by atoms with van der Waals surface area (Å²) < 4.78 is 0. The van der Waals surface area contributed by atoms with Gasteiger partial charge in [-0.1, -0.05) is 6.92 Å². The fraction of sp³-hybridized carbons (Fsp3) is 0.857. The molecule has 1 saturated heterocycles. The van der Waals surface area contributed by atoms with E-state index in [1.54, 1.807) is 0 Å². The molecule has 3 nitrogen and oxygen atoms in total. The van der Waals surface area contributed by atoms with Crippen molar-refractivity contribution in [3.05, 3.63) is 0 Å². The second-order valence-electron chi connectivity index (χ2n) is 2.61. The van der Waals surface area contributed by atoms with Gasteiger partial charge >= 0.3 is 0 Å². The molecule has 3 heteroatoms. The smallest absolute Gasteiger partial charge is 0.0586 e. The normalized spacial score (nSPS) is 27.1. The predicted octanol–water partition coefficient (Wildman–Crippen LogP) is -0.779. The molecule has 0 aromatic rings. The number of hydrogen-bond acceptors (Lipinski definition) is 3. The Morgan fingerprint density at radius 2 is 2.50 bits per heavy atom. The Kier molecular flexibility index (Phi) is 2.27. The van der Waals surface area contributed by atoms with E-state index in [9.17, 15) is 9.90 Å². The Labute approximate surface area is 60.6 Å². The van der Waals surface area contributed by atoms with Crippen molar-refractivity contribution in [2.24, 2.45) is 0 Å². The Hall–Kier alpha value is -0.570. The molecule has 1 atom stereocenters. The first-order chi connectivity index (χ1) is 4.75. The van der Waals surface area contributed by atoms with E-state index < -0.39 is 5.97 Å². The monoisotopic (exact) mass is 142 g/mol. The van der Waals surface area contributed by atoms with Crippen LogP contribution in [0.2, 0.25) is 0 Å². The molecular formula is C7H12NO2-. The highest BCUT2D eigenvalue weighted by Gasteiger charge is 2.23. The van der Waals surface area contributed by atoms with Gasteiger partial charge in [-0.15, -0.1) is 0 Å². The quantitative estimate of drug-likeness (QED) is 0.508. The first-order valence-corrected chi connectivity index (χ1v) is 3.70. The van der Waals surface area contributed by atoms with Gasteiger partial charge in [-0.25, -0.2) is 0 Å². The third-order valence-electron chi connectivity index (χ3n) is 2.04. The van der Waals surface area contributed by atoms with Crippen molar-refractivity contribution in [2.75, 3.05) is 13.1 Å². The van der Waals surface area contributed by atoms with Gasteiger partial charge in [0.1, 0.15) is 0 Å². The van der Waals surface area contributed by atoms with Crippen molar-refractivity contribution in [1.82, 2.24) is 4.90 Å². The molecule has 0 aromatic carbocycles. The molecule has 1 fully saturated rings. The van der Waals surface area contributed by atoms with E-state index in [1.165, 1.54) is 0 Å². The van der Waals surface area contributed by atoms with Crippen LogP contribution in [0.5, 0.6) is 0 Å². The van der Waals surface area contributed by atoms with Gasteiger partial charge in [0.2, 0.25) is 0 Å². The fourth-order valence-corrected chi connectivity index (χ4v) is 1.47. The second-order valence-corrected chi connectivity index (χ2v) is 2.61. The van der Waals surface area contributed by atoms with Crippen molar-refractivity contribution in [3.8, 4) is 0 Å². The topological polar surface area (TPSA) is 43.4 Å². The number of aliphatic carboxylic acids is 1. The molecule has 1 rings (SSSR count). The molecule has 10 heavy (non-hydrogen) atoms. The summed E-state index contributed by atoms with van der Waals surface area (Å²) in [5.74, 6) is -0.917. The molecule has 1 unspecified atom stereocenters. The molecule has 0 aliphatic carbocycles. The maximum Gasteiger partial charge on any atom is 0.0586 e. The maximum absolute atomic E-state index is 10.4. The molecular weight excluding hydrogens is 130 g/mol. The fourth-order valence-electron chi connectivity index (χ4n) is 1.47. The van der Waals surface area contributed by atoms with Gasteiger partial charge in [0, 0.05) is 6.04 Å². The number of carbonyl (C=O) groups excluding carboxylic acids is 1. The first-order valence-electron chi connectivity index (χ1n) is 3.70. The average molecular weight is 142 g/mol. The number of nitrogens with zero attached hydrogens (tertiary/aromatic N) is 1. The maximum atomic E-state index is 10.4. The van der Waals surface area contributed by atoms with Crippen molar-refractivity contribution in [1.29, 1.82) is 0 Å². The molecule has 0 radical (unpaired) electrons. The Balaban J connectivity index is 2.50. The lowest BCUT2D eigenvalue weighted by molar-refractivity contribution is -0.310. The summed E-state index contributed by atoms with van der Waals surface area (Å²) in [6, 6.07) is -0.315. The summed E-state index contributed by atoms with van der Waals surface area (Å²) >= 11 is 0. The number of likely N-dealkylation sites (tertiary alicyclic amines) is 1. The Bertz CT molecular complexity index is 136.